The van der Waals surface area contributed by atoms with E-state index >= 15 is 0 Å². The van der Waals surface area contributed by atoms with Crippen molar-refractivity contribution in [1.29, 1.82) is 5.26 Å². The largest absolute Gasteiger partial charge is 0.454 e. The van der Waals surface area contributed by atoms with E-state index in [2.05, 4.69) is 6.07 Å². The maximum absolute atomic E-state index is 12.9. The number of nitrogens with zero attached hydrogens (tertiary/aromatic N) is 3. The summed E-state index contributed by atoms with van der Waals surface area (Å²) < 4.78 is 12.2. The van der Waals surface area contributed by atoms with Gasteiger partial charge in [-0.2, -0.15) is 5.26 Å². The molecule has 2 aliphatic heterocycles. The van der Waals surface area contributed by atoms with Crippen molar-refractivity contribution in [3.8, 4) is 17.6 Å². The molecule has 0 aliphatic carbocycles. The van der Waals surface area contributed by atoms with E-state index in [4.69, 9.17) is 14.7 Å². The van der Waals surface area contributed by atoms with E-state index < -0.39 is 0 Å². The standard InChI is InChI=1S/C19H17N3O4/c1-12-4-5-21(8-13-2-3-15-16(6-13)26-11-25-15)18(23)17(12)19(24)22-9-14(7-20)10-22/h2-6,14H,8-11H2,1H3. The van der Waals surface area contributed by atoms with Crippen molar-refractivity contribution in [3.63, 3.8) is 0 Å². The first-order valence-corrected chi connectivity index (χ1v) is 8.34. The predicted molar refractivity (Wildman–Crippen MR) is 92.1 cm³/mol. The molecule has 132 valence electrons. The normalized spacial score (nSPS) is 15.5. The molecule has 0 radical (unpaired) electrons. The maximum atomic E-state index is 12.9. The molecule has 0 spiro atoms. The Labute approximate surface area is 150 Å². The number of benzene rings is 1. The number of carbonyl (C=O) groups excluding carboxylic acids is 1. The number of carbonyl (C=O) groups is 1. The van der Waals surface area contributed by atoms with Crippen LogP contribution in [0.25, 0.3) is 0 Å². The minimum Gasteiger partial charge on any atom is -0.454 e. The van der Waals surface area contributed by atoms with Crippen LogP contribution < -0.4 is 15.0 Å². The molecular formula is C19H17N3O4. The molecular weight excluding hydrogens is 334 g/mol. The highest BCUT2D eigenvalue weighted by Crippen LogP contribution is 2.32. The first kappa shape index (κ1) is 16.2. The van der Waals surface area contributed by atoms with Crippen LogP contribution in [0.5, 0.6) is 11.5 Å². The first-order chi connectivity index (χ1) is 12.6. The van der Waals surface area contributed by atoms with Gasteiger partial charge in [0.05, 0.1) is 18.5 Å². The van der Waals surface area contributed by atoms with E-state index in [1.54, 1.807) is 24.1 Å². The lowest BCUT2D eigenvalue weighted by Gasteiger charge is -2.35. The van der Waals surface area contributed by atoms with Crippen LogP contribution in [0.2, 0.25) is 0 Å². The van der Waals surface area contributed by atoms with Gasteiger partial charge in [-0.1, -0.05) is 6.07 Å². The number of fused-ring (bicyclic) bond motifs is 1. The summed E-state index contributed by atoms with van der Waals surface area (Å²) in [6.45, 7) is 3.04. The highest BCUT2D eigenvalue weighted by Gasteiger charge is 2.33. The number of hydrogen-bond acceptors (Lipinski definition) is 5. The van der Waals surface area contributed by atoms with Gasteiger partial charge in [0.25, 0.3) is 11.5 Å². The minimum absolute atomic E-state index is 0.140. The Hall–Kier alpha value is -3.27. The van der Waals surface area contributed by atoms with E-state index in [1.165, 1.54) is 4.57 Å². The zero-order valence-electron chi connectivity index (χ0n) is 14.3. The molecule has 2 aromatic rings. The van der Waals surface area contributed by atoms with Gasteiger partial charge < -0.3 is 18.9 Å². The third-order valence-corrected chi connectivity index (χ3v) is 4.73. The van der Waals surface area contributed by atoms with Crippen molar-refractivity contribution in [2.45, 2.75) is 13.5 Å². The molecule has 7 nitrogen and oxygen atoms in total. The Morgan fingerprint density at radius 1 is 1.27 bits per heavy atom. The van der Waals surface area contributed by atoms with Gasteiger partial charge in [-0.3, -0.25) is 9.59 Å². The van der Waals surface area contributed by atoms with E-state index in [9.17, 15) is 9.59 Å². The van der Waals surface area contributed by atoms with Crippen molar-refractivity contribution in [2.75, 3.05) is 19.9 Å². The van der Waals surface area contributed by atoms with E-state index in [0.717, 1.165) is 5.56 Å². The Balaban J connectivity index is 1.61. The SMILES string of the molecule is Cc1ccn(Cc2ccc3c(c2)OCO3)c(=O)c1C(=O)N1CC(C#N)C1. The molecule has 2 aliphatic rings. The van der Waals surface area contributed by atoms with Crippen LogP contribution >= 0.6 is 0 Å². The average Bonchev–Trinajstić information content (AvgIpc) is 3.04. The summed E-state index contributed by atoms with van der Waals surface area (Å²) in [6, 6.07) is 9.42. The Bertz CT molecular complexity index is 983. The number of aromatic nitrogens is 1. The van der Waals surface area contributed by atoms with Gasteiger partial charge in [-0.15, -0.1) is 0 Å². The van der Waals surface area contributed by atoms with Crippen LogP contribution in [-0.2, 0) is 6.54 Å². The van der Waals surface area contributed by atoms with Crippen LogP contribution in [0.1, 0.15) is 21.5 Å². The van der Waals surface area contributed by atoms with Crippen LogP contribution in [0.3, 0.4) is 0 Å². The van der Waals surface area contributed by atoms with Crippen molar-refractivity contribution in [2.24, 2.45) is 5.92 Å². The molecule has 4 rings (SSSR count). The van der Waals surface area contributed by atoms with Gasteiger partial charge in [-0.25, -0.2) is 0 Å². The molecule has 26 heavy (non-hydrogen) atoms. The molecule has 7 heteroatoms. The van der Waals surface area contributed by atoms with Crippen molar-refractivity contribution in [3.05, 3.63) is 57.5 Å². The van der Waals surface area contributed by atoms with Crippen molar-refractivity contribution < 1.29 is 14.3 Å². The number of nitriles is 1. The number of likely N-dealkylation sites (tertiary alicyclic amines) is 1. The second kappa shape index (κ2) is 6.23. The number of ether oxygens (including phenoxy) is 2. The lowest BCUT2D eigenvalue weighted by Crippen LogP contribution is -2.51. The molecule has 1 aromatic carbocycles. The highest BCUT2D eigenvalue weighted by molar-refractivity contribution is 5.95. The molecule has 0 saturated carbocycles. The summed E-state index contributed by atoms with van der Waals surface area (Å²) in [6.07, 6.45) is 1.69. The van der Waals surface area contributed by atoms with Crippen LogP contribution in [0, 0.1) is 24.2 Å². The number of pyridine rings is 1. The van der Waals surface area contributed by atoms with E-state index in [1.807, 2.05) is 18.2 Å². The molecule has 1 saturated heterocycles. The predicted octanol–water partition coefficient (Wildman–Crippen LogP) is 1.53. The van der Waals surface area contributed by atoms with Gasteiger partial charge in [0.15, 0.2) is 11.5 Å². The zero-order chi connectivity index (χ0) is 18.3. The molecule has 1 amide bonds. The smallest absolute Gasteiger partial charge is 0.263 e. The average molecular weight is 351 g/mol. The quantitative estimate of drug-likeness (QED) is 0.837. The molecule has 0 atom stereocenters. The molecule has 3 heterocycles. The molecule has 1 fully saturated rings. The maximum Gasteiger partial charge on any atom is 0.263 e. The van der Waals surface area contributed by atoms with Crippen LogP contribution in [-0.4, -0.2) is 35.3 Å². The second-order valence-electron chi connectivity index (χ2n) is 6.53. The Morgan fingerprint density at radius 2 is 2.04 bits per heavy atom. The molecule has 0 N–H and O–H groups in total. The molecule has 1 aromatic heterocycles. The summed E-state index contributed by atoms with van der Waals surface area (Å²) in [5.41, 5.74) is 1.37. The number of amides is 1. The number of hydrogen-bond donors (Lipinski definition) is 0. The van der Waals surface area contributed by atoms with Gasteiger partial charge in [0, 0.05) is 19.3 Å². The summed E-state index contributed by atoms with van der Waals surface area (Å²) in [5, 5.41) is 8.87. The van der Waals surface area contributed by atoms with Gasteiger partial charge in [0.2, 0.25) is 6.79 Å². The number of rotatable bonds is 3. The van der Waals surface area contributed by atoms with Crippen LogP contribution in [0.4, 0.5) is 0 Å². The van der Waals surface area contributed by atoms with Crippen LogP contribution in [0.15, 0.2) is 35.3 Å². The zero-order valence-corrected chi connectivity index (χ0v) is 14.3. The molecule has 0 unspecified atom stereocenters. The fourth-order valence-corrected chi connectivity index (χ4v) is 3.17. The summed E-state index contributed by atoms with van der Waals surface area (Å²) in [7, 11) is 0. The lowest BCUT2D eigenvalue weighted by molar-refractivity contribution is 0.0574. The fourth-order valence-electron chi connectivity index (χ4n) is 3.17. The third-order valence-electron chi connectivity index (χ3n) is 4.73. The lowest BCUT2D eigenvalue weighted by atomic mass is 10.00. The molecule has 0 bridgehead atoms. The monoisotopic (exact) mass is 351 g/mol. The summed E-state index contributed by atoms with van der Waals surface area (Å²) >= 11 is 0. The number of aryl methyl sites for hydroxylation is 1. The third kappa shape index (κ3) is 2.69. The van der Waals surface area contributed by atoms with Gasteiger partial charge >= 0.3 is 0 Å². The minimum atomic E-state index is -0.326. The van der Waals surface area contributed by atoms with Gasteiger partial charge in [-0.05, 0) is 36.2 Å². The van der Waals surface area contributed by atoms with Crippen molar-refractivity contribution in [1.82, 2.24) is 9.47 Å². The highest BCUT2D eigenvalue weighted by atomic mass is 16.7. The van der Waals surface area contributed by atoms with Crippen molar-refractivity contribution >= 4 is 5.91 Å². The summed E-state index contributed by atoms with van der Waals surface area (Å²) in [4.78, 5) is 27.1. The van der Waals surface area contributed by atoms with E-state index in [0.29, 0.717) is 36.7 Å². The first-order valence-electron chi connectivity index (χ1n) is 8.34. The Morgan fingerprint density at radius 3 is 2.81 bits per heavy atom. The fraction of sp³-hybridized carbons (Fsp3) is 0.316. The van der Waals surface area contributed by atoms with E-state index in [-0.39, 0.29) is 29.7 Å². The second-order valence-corrected chi connectivity index (χ2v) is 6.53. The summed E-state index contributed by atoms with van der Waals surface area (Å²) in [5.74, 6) is 0.894. The topological polar surface area (TPSA) is 84.6 Å². The van der Waals surface area contributed by atoms with Gasteiger partial charge in [0.1, 0.15) is 5.56 Å². The Kier molecular flexibility index (Phi) is 3.88.